The Morgan fingerprint density at radius 1 is 1.50 bits per heavy atom. The molecule has 0 aromatic carbocycles. The van der Waals surface area contributed by atoms with Crippen molar-refractivity contribution in [3.63, 3.8) is 0 Å². The lowest BCUT2D eigenvalue weighted by Gasteiger charge is -2.11. The molecule has 0 aromatic heterocycles. The molecule has 0 amide bonds. The van der Waals surface area contributed by atoms with E-state index in [1.54, 1.807) is 0 Å². The zero-order chi connectivity index (χ0) is 8.72. The number of carbonyl (C=O) groups excluding carboxylic acids is 1. The van der Waals surface area contributed by atoms with E-state index in [4.69, 9.17) is 0 Å². The molecule has 2 aliphatic rings. The molecule has 0 spiro atoms. The first-order valence-corrected chi connectivity index (χ1v) is 5.70. The zero-order valence-electron chi connectivity index (χ0n) is 7.62. The standard InChI is InChI=1S/C9H15NOS/c1-10-4-7-6(8(7)5-10)3-9(11)12-2/h6-8H,3-5H2,1-2H3/t6-,7-,8+. The van der Waals surface area contributed by atoms with Gasteiger partial charge in [0.15, 0.2) is 5.12 Å². The maximum absolute atomic E-state index is 11.1. The van der Waals surface area contributed by atoms with Gasteiger partial charge in [0.25, 0.3) is 0 Å². The number of nitrogens with zero attached hydrogens (tertiary/aromatic N) is 1. The second-order valence-corrected chi connectivity index (χ2v) is 4.86. The van der Waals surface area contributed by atoms with Crippen molar-refractivity contribution in [3.8, 4) is 0 Å². The van der Waals surface area contributed by atoms with Gasteiger partial charge >= 0.3 is 0 Å². The smallest absolute Gasteiger partial charge is 0.188 e. The number of hydrogen-bond acceptors (Lipinski definition) is 3. The van der Waals surface area contributed by atoms with Gasteiger partial charge in [0, 0.05) is 19.5 Å². The van der Waals surface area contributed by atoms with Crippen LogP contribution in [0.1, 0.15) is 6.42 Å². The van der Waals surface area contributed by atoms with Gasteiger partial charge in [-0.2, -0.15) is 0 Å². The number of fused-ring (bicyclic) bond motifs is 1. The highest BCUT2D eigenvalue weighted by atomic mass is 32.2. The summed E-state index contributed by atoms with van der Waals surface area (Å²) in [6, 6.07) is 0. The van der Waals surface area contributed by atoms with E-state index in [1.165, 1.54) is 24.9 Å². The Hall–Kier alpha value is -0.0200. The summed E-state index contributed by atoms with van der Waals surface area (Å²) in [5.74, 6) is 2.44. The lowest BCUT2D eigenvalue weighted by molar-refractivity contribution is -0.111. The first-order chi connectivity index (χ1) is 5.72. The summed E-state index contributed by atoms with van der Waals surface area (Å²) >= 11 is 1.38. The van der Waals surface area contributed by atoms with E-state index in [0.717, 1.165) is 24.2 Å². The number of hydrogen-bond donors (Lipinski definition) is 0. The van der Waals surface area contributed by atoms with Gasteiger partial charge in [0.2, 0.25) is 0 Å². The molecule has 3 atom stereocenters. The second-order valence-electron chi connectivity index (χ2n) is 3.99. The Morgan fingerprint density at radius 2 is 2.08 bits per heavy atom. The maximum Gasteiger partial charge on any atom is 0.188 e. The van der Waals surface area contributed by atoms with Gasteiger partial charge in [-0.3, -0.25) is 4.79 Å². The Bertz CT molecular complexity index is 195. The molecule has 1 saturated heterocycles. The molecule has 68 valence electrons. The molecule has 0 radical (unpaired) electrons. The Labute approximate surface area is 77.7 Å². The summed E-state index contributed by atoms with van der Waals surface area (Å²) < 4.78 is 0. The molecule has 3 heteroatoms. The third kappa shape index (κ3) is 1.40. The van der Waals surface area contributed by atoms with Gasteiger partial charge in [-0.05, 0) is 31.1 Å². The van der Waals surface area contributed by atoms with Crippen molar-refractivity contribution in [2.75, 3.05) is 26.4 Å². The molecule has 0 N–H and O–H groups in total. The van der Waals surface area contributed by atoms with Crippen LogP contribution in [0.2, 0.25) is 0 Å². The predicted molar refractivity (Wildman–Crippen MR) is 51.1 cm³/mol. The summed E-state index contributed by atoms with van der Waals surface area (Å²) in [5.41, 5.74) is 0. The average molecular weight is 185 g/mol. The first kappa shape index (κ1) is 8.57. The third-order valence-electron chi connectivity index (χ3n) is 3.18. The molecular formula is C9H15NOS. The van der Waals surface area contributed by atoms with Gasteiger partial charge in [0.1, 0.15) is 0 Å². The quantitative estimate of drug-likeness (QED) is 0.642. The molecule has 2 fully saturated rings. The van der Waals surface area contributed by atoms with Crippen LogP contribution < -0.4 is 0 Å². The zero-order valence-corrected chi connectivity index (χ0v) is 8.43. The van der Waals surface area contributed by atoms with Crippen LogP contribution in [0, 0.1) is 17.8 Å². The van der Waals surface area contributed by atoms with E-state index in [0.29, 0.717) is 5.12 Å². The van der Waals surface area contributed by atoms with E-state index in [1.807, 2.05) is 6.26 Å². The van der Waals surface area contributed by atoms with Crippen LogP contribution in [0.25, 0.3) is 0 Å². The first-order valence-electron chi connectivity index (χ1n) is 4.47. The number of piperidine rings is 1. The van der Waals surface area contributed by atoms with E-state index in [9.17, 15) is 4.79 Å². The normalized spacial score (nSPS) is 39.7. The highest BCUT2D eigenvalue weighted by Crippen LogP contribution is 2.53. The Kier molecular flexibility index (Phi) is 2.17. The molecule has 0 bridgehead atoms. The van der Waals surface area contributed by atoms with Crippen molar-refractivity contribution in [1.29, 1.82) is 0 Å². The fraction of sp³-hybridized carbons (Fsp3) is 0.889. The second kappa shape index (κ2) is 3.04. The highest BCUT2D eigenvalue weighted by Gasteiger charge is 2.54. The van der Waals surface area contributed by atoms with Crippen molar-refractivity contribution in [3.05, 3.63) is 0 Å². The number of likely N-dealkylation sites (tertiary alicyclic amines) is 1. The Morgan fingerprint density at radius 3 is 2.58 bits per heavy atom. The van der Waals surface area contributed by atoms with Gasteiger partial charge in [0.05, 0.1) is 0 Å². The molecule has 0 aromatic rings. The van der Waals surface area contributed by atoms with E-state index >= 15 is 0 Å². The predicted octanol–water partition coefficient (Wildman–Crippen LogP) is 1.07. The number of rotatable bonds is 2. The van der Waals surface area contributed by atoms with Crippen LogP contribution in [-0.4, -0.2) is 36.4 Å². The van der Waals surface area contributed by atoms with Crippen LogP contribution in [0.4, 0.5) is 0 Å². The SMILES string of the molecule is CSC(=O)C[C@@H]1[C@H]2CN(C)C[C@@H]12. The molecule has 1 heterocycles. The molecule has 12 heavy (non-hydrogen) atoms. The Balaban J connectivity index is 1.79. The number of thioether (sulfide) groups is 1. The van der Waals surface area contributed by atoms with Crippen molar-refractivity contribution < 1.29 is 4.79 Å². The van der Waals surface area contributed by atoms with Gasteiger partial charge in [-0.25, -0.2) is 0 Å². The fourth-order valence-corrected chi connectivity index (χ4v) is 2.80. The molecular weight excluding hydrogens is 170 g/mol. The highest BCUT2D eigenvalue weighted by molar-refractivity contribution is 8.13. The van der Waals surface area contributed by atoms with E-state index in [2.05, 4.69) is 11.9 Å². The summed E-state index contributed by atoms with van der Waals surface area (Å²) in [5, 5.41) is 0.372. The minimum atomic E-state index is 0.372. The van der Waals surface area contributed by atoms with Crippen LogP contribution in [0.3, 0.4) is 0 Å². The molecule has 2 nitrogen and oxygen atoms in total. The summed E-state index contributed by atoms with van der Waals surface area (Å²) in [6.45, 7) is 2.44. The lowest BCUT2D eigenvalue weighted by atomic mass is 10.2. The minimum absolute atomic E-state index is 0.372. The van der Waals surface area contributed by atoms with Gasteiger partial charge < -0.3 is 4.90 Å². The molecule has 1 aliphatic heterocycles. The largest absolute Gasteiger partial charge is 0.306 e. The summed E-state index contributed by atoms with van der Waals surface area (Å²) in [4.78, 5) is 13.5. The van der Waals surface area contributed by atoms with E-state index in [-0.39, 0.29) is 0 Å². The van der Waals surface area contributed by atoms with Crippen LogP contribution >= 0.6 is 11.8 Å². The summed E-state index contributed by atoms with van der Waals surface area (Å²) in [7, 11) is 2.17. The molecule has 1 saturated carbocycles. The maximum atomic E-state index is 11.1. The van der Waals surface area contributed by atoms with Crippen molar-refractivity contribution >= 4 is 16.9 Å². The van der Waals surface area contributed by atoms with E-state index < -0.39 is 0 Å². The molecule has 2 rings (SSSR count). The molecule has 0 unspecified atom stereocenters. The molecule has 1 aliphatic carbocycles. The monoisotopic (exact) mass is 185 g/mol. The van der Waals surface area contributed by atoms with Crippen LogP contribution in [0.5, 0.6) is 0 Å². The van der Waals surface area contributed by atoms with Crippen molar-refractivity contribution in [2.45, 2.75) is 6.42 Å². The fourth-order valence-electron chi connectivity index (χ4n) is 2.44. The van der Waals surface area contributed by atoms with Crippen molar-refractivity contribution in [1.82, 2.24) is 4.90 Å². The van der Waals surface area contributed by atoms with Crippen LogP contribution in [-0.2, 0) is 4.79 Å². The van der Waals surface area contributed by atoms with Crippen LogP contribution in [0.15, 0.2) is 0 Å². The minimum Gasteiger partial charge on any atom is -0.306 e. The summed E-state index contributed by atoms with van der Waals surface area (Å²) in [6.07, 6.45) is 2.71. The topological polar surface area (TPSA) is 20.3 Å². The average Bonchev–Trinajstić information content (AvgIpc) is 2.51. The van der Waals surface area contributed by atoms with Crippen molar-refractivity contribution in [2.24, 2.45) is 17.8 Å². The third-order valence-corrected chi connectivity index (χ3v) is 3.81. The number of carbonyl (C=O) groups is 1. The van der Waals surface area contributed by atoms with Gasteiger partial charge in [-0.1, -0.05) is 11.8 Å². The lowest BCUT2D eigenvalue weighted by Crippen LogP contribution is -2.19. The van der Waals surface area contributed by atoms with Gasteiger partial charge in [-0.15, -0.1) is 0 Å².